The lowest BCUT2D eigenvalue weighted by Crippen LogP contribution is -2.36. The number of carbonyl (C=O) groups excluding carboxylic acids is 2. The summed E-state index contributed by atoms with van der Waals surface area (Å²) in [4.78, 5) is 22.1. The number of rotatable bonds is 2. The molecule has 5 heteroatoms. The summed E-state index contributed by atoms with van der Waals surface area (Å²) in [6.07, 6.45) is -0.782. The summed E-state index contributed by atoms with van der Waals surface area (Å²) in [7, 11) is 0. The molecule has 2 atom stereocenters. The van der Waals surface area contributed by atoms with Gasteiger partial charge in [0.15, 0.2) is 0 Å². The van der Waals surface area contributed by atoms with E-state index in [1.165, 1.54) is 0 Å². The largest absolute Gasteiger partial charge is 0.462 e. The van der Waals surface area contributed by atoms with Crippen LogP contribution < -0.4 is 0 Å². The Bertz CT molecular complexity index is 260. The van der Waals surface area contributed by atoms with Crippen LogP contribution in [0, 0.1) is 5.41 Å². The van der Waals surface area contributed by atoms with E-state index in [4.69, 9.17) is 9.47 Å². The SMILES string of the molecule is CC(Br)C(=O)O[C@H]1C(=O)OCC1(C)C. The standard InChI is InChI=1S/C9H13BrO4/c1-5(10)7(11)14-6-8(12)13-4-9(6,2)3/h5-6H,4H2,1-3H3/t5?,6-/m0/s1. The van der Waals surface area contributed by atoms with Crippen LogP contribution >= 0.6 is 15.9 Å². The van der Waals surface area contributed by atoms with Gasteiger partial charge in [-0.1, -0.05) is 29.8 Å². The molecular weight excluding hydrogens is 252 g/mol. The predicted molar refractivity (Wildman–Crippen MR) is 53.0 cm³/mol. The maximum absolute atomic E-state index is 11.3. The molecular formula is C9H13BrO4. The molecule has 1 aliphatic heterocycles. The number of hydrogen-bond acceptors (Lipinski definition) is 4. The number of alkyl halides is 1. The summed E-state index contributed by atoms with van der Waals surface area (Å²) < 4.78 is 9.87. The van der Waals surface area contributed by atoms with Crippen molar-refractivity contribution < 1.29 is 19.1 Å². The first-order valence-corrected chi connectivity index (χ1v) is 5.27. The number of hydrogen-bond donors (Lipinski definition) is 0. The summed E-state index contributed by atoms with van der Waals surface area (Å²) >= 11 is 3.08. The number of carbonyl (C=O) groups is 2. The van der Waals surface area contributed by atoms with E-state index in [2.05, 4.69) is 15.9 Å². The molecule has 0 saturated carbocycles. The topological polar surface area (TPSA) is 52.6 Å². The molecule has 1 heterocycles. The monoisotopic (exact) mass is 264 g/mol. The van der Waals surface area contributed by atoms with E-state index in [1.54, 1.807) is 6.92 Å². The first kappa shape index (κ1) is 11.5. The summed E-state index contributed by atoms with van der Waals surface area (Å²) in [5, 5.41) is 0. The third-order valence-electron chi connectivity index (χ3n) is 2.07. The van der Waals surface area contributed by atoms with Crippen LogP contribution in [0.25, 0.3) is 0 Å². The van der Waals surface area contributed by atoms with Crippen molar-refractivity contribution in [3.63, 3.8) is 0 Å². The van der Waals surface area contributed by atoms with E-state index in [1.807, 2.05) is 13.8 Å². The second kappa shape index (κ2) is 3.88. The summed E-state index contributed by atoms with van der Waals surface area (Å²) in [5.74, 6) is -0.904. The van der Waals surface area contributed by atoms with Gasteiger partial charge in [0.25, 0.3) is 0 Å². The van der Waals surface area contributed by atoms with Crippen molar-refractivity contribution in [1.29, 1.82) is 0 Å². The van der Waals surface area contributed by atoms with Gasteiger partial charge in [0, 0.05) is 5.41 Å². The Kier molecular flexibility index (Phi) is 3.19. The lowest BCUT2D eigenvalue weighted by Gasteiger charge is -2.22. The van der Waals surface area contributed by atoms with Crippen LogP contribution in [0.5, 0.6) is 0 Å². The van der Waals surface area contributed by atoms with Gasteiger partial charge in [-0.25, -0.2) is 4.79 Å². The molecule has 1 saturated heterocycles. The molecule has 0 aromatic rings. The fraction of sp³-hybridized carbons (Fsp3) is 0.778. The maximum atomic E-state index is 11.3. The van der Waals surface area contributed by atoms with Gasteiger partial charge in [-0.15, -0.1) is 0 Å². The highest BCUT2D eigenvalue weighted by atomic mass is 79.9. The minimum absolute atomic E-state index is 0.292. The minimum atomic E-state index is -0.782. The molecule has 0 bridgehead atoms. The van der Waals surface area contributed by atoms with Gasteiger partial charge in [-0.2, -0.15) is 0 Å². The molecule has 0 amide bonds. The Morgan fingerprint density at radius 3 is 2.64 bits per heavy atom. The van der Waals surface area contributed by atoms with Crippen molar-refractivity contribution in [2.75, 3.05) is 6.61 Å². The summed E-state index contributed by atoms with van der Waals surface area (Å²) in [5.41, 5.74) is -0.436. The van der Waals surface area contributed by atoms with E-state index in [-0.39, 0.29) is 0 Å². The van der Waals surface area contributed by atoms with Gasteiger partial charge in [0.2, 0.25) is 6.10 Å². The van der Waals surface area contributed by atoms with Gasteiger partial charge in [-0.05, 0) is 6.92 Å². The van der Waals surface area contributed by atoms with Crippen LogP contribution in [0.4, 0.5) is 0 Å². The van der Waals surface area contributed by atoms with Crippen molar-refractivity contribution in [2.24, 2.45) is 5.41 Å². The number of halogens is 1. The highest BCUT2D eigenvalue weighted by Gasteiger charge is 2.46. The third kappa shape index (κ3) is 2.26. The zero-order chi connectivity index (χ0) is 10.9. The fourth-order valence-electron chi connectivity index (χ4n) is 1.15. The molecule has 0 aliphatic carbocycles. The third-order valence-corrected chi connectivity index (χ3v) is 2.44. The zero-order valence-electron chi connectivity index (χ0n) is 8.37. The molecule has 1 unspecified atom stereocenters. The molecule has 0 spiro atoms. The number of cyclic esters (lactones) is 1. The smallest absolute Gasteiger partial charge is 0.348 e. The van der Waals surface area contributed by atoms with Gasteiger partial charge in [0.05, 0.1) is 0 Å². The highest BCUT2D eigenvalue weighted by molar-refractivity contribution is 9.10. The van der Waals surface area contributed by atoms with Crippen molar-refractivity contribution in [2.45, 2.75) is 31.7 Å². The van der Waals surface area contributed by atoms with Crippen molar-refractivity contribution in [3.8, 4) is 0 Å². The zero-order valence-corrected chi connectivity index (χ0v) is 9.96. The van der Waals surface area contributed by atoms with Gasteiger partial charge in [-0.3, -0.25) is 4.79 Å². The van der Waals surface area contributed by atoms with Crippen molar-refractivity contribution in [3.05, 3.63) is 0 Å². The van der Waals surface area contributed by atoms with Crippen molar-refractivity contribution >= 4 is 27.9 Å². The highest BCUT2D eigenvalue weighted by Crippen LogP contribution is 2.31. The van der Waals surface area contributed by atoms with Crippen LogP contribution in [0.15, 0.2) is 0 Å². The Labute approximate surface area is 91.1 Å². The van der Waals surface area contributed by atoms with E-state index >= 15 is 0 Å². The Hall–Kier alpha value is -0.580. The first-order valence-electron chi connectivity index (χ1n) is 4.36. The Morgan fingerprint density at radius 2 is 2.29 bits per heavy atom. The van der Waals surface area contributed by atoms with Crippen LogP contribution in [-0.2, 0) is 19.1 Å². The fourth-order valence-corrected chi connectivity index (χ4v) is 1.25. The maximum Gasteiger partial charge on any atom is 0.348 e. The lowest BCUT2D eigenvalue weighted by atomic mass is 9.90. The normalized spacial score (nSPS) is 26.9. The van der Waals surface area contributed by atoms with Crippen LogP contribution in [0.3, 0.4) is 0 Å². The summed E-state index contributed by atoms with van der Waals surface area (Å²) in [6, 6.07) is 0. The number of esters is 2. The average molecular weight is 265 g/mol. The molecule has 80 valence electrons. The van der Waals surface area contributed by atoms with Crippen LogP contribution in [0.1, 0.15) is 20.8 Å². The van der Waals surface area contributed by atoms with Gasteiger partial charge in [0.1, 0.15) is 11.4 Å². The van der Waals surface area contributed by atoms with Gasteiger partial charge < -0.3 is 9.47 Å². The second-order valence-electron chi connectivity index (χ2n) is 4.03. The molecule has 0 aromatic heterocycles. The minimum Gasteiger partial charge on any atom is -0.462 e. The summed E-state index contributed by atoms with van der Waals surface area (Å²) in [6.45, 7) is 5.60. The van der Waals surface area contributed by atoms with E-state index in [9.17, 15) is 9.59 Å². The Balaban J connectivity index is 2.67. The Morgan fingerprint density at radius 1 is 1.71 bits per heavy atom. The molecule has 0 N–H and O–H groups in total. The quantitative estimate of drug-likeness (QED) is 0.557. The number of ether oxygens (including phenoxy) is 2. The van der Waals surface area contributed by atoms with Crippen molar-refractivity contribution in [1.82, 2.24) is 0 Å². The average Bonchev–Trinajstić information content (AvgIpc) is 2.31. The lowest BCUT2D eigenvalue weighted by molar-refractivity contribution is -0.162. The molecule has 4 nitrogen and oxygen atoms in total. The van der Waals surface area contributed by atoms with E-state index in [0.29, 0.717) is 6.61 Å². The van der Waals surface area contributed by atoms with E-state index in [0.717, 1.165) is 0 Å². The molecule has 0 aromatic carbocycles. The van der Waals surface area contributed by atoms with Crippen LogP contribution in [0.2, 0.25) is 0 Å². The first-order chi connectivity index (χ1) is 6.34. The molecule has 1 fully saturated rings. The predicted octanol–water partition coefficient (Wildman–Crippen LogP) is 1.26. The van der Waals surface area contributed by atoms with Gasteiger partial charge >= 0.3 is 11.9 Å². The molecule has 0 radical (unpaired) electrons. The molecule has 1 aliphatic rings. The second-order valence-corrected chi connectivity index (χ2v) is 5.40. The molecule has 1 rings (SSSR count). The van der Waals surface area contributed by atoms with E-state index < -0.39 is 28.3 Å². The molecule has 14 heavy (non-hydrogen) atoms. The van der Waals surface area contributed by atoms with Crippen LogP contribution in [-0.4, -0.2) is 29.5 Å².